The lowest BCUT2D eigenvalue weighted by Gasteiger charge is -2.39. The number of hydrogen-bond donors (Lipinski definition) is 0. The number of anilines is 1. The van der Waals surface area contributed by atoms with Crippen molar-refractivity contribution in [3.63, 3.8) is 0 Å². The van der Waals surface area contributed by atoms with Crippen molar-refractivity contribution < 1.29 is 18.8 Å². The van der Waals surface area contributed by atoms with Crippen LogP contribution in [0.1, 0.15) is 37.1 Å². The number of amides is 1. The van der Waals surface area contributed by atoms with Crippen LogP contribution in [-0.2, 0) is 14.3 Å². The topological polar surface area (TPSA) is 72.6 Å². The van der Waals surface area contributed by atoms with Crippen molar-refractivity contribution in [2.75, 3.05) is 4.90 Å². The van der Waals surface area contributed by atoms with E-state index in [0.29, 0.717) is 30.0 Å². The molecule has 0 bridgehead atoms. The standard InChI is InChI=1S/C22H21ClN2O4/c1-11-8-16-14(10-15(11)23)20(26)18-19(13-6-4-3-5-7-13)25(22(27)21(18)28-16)17-9-12(2)29-24-17/h3-7,9,11,14-16,19H,8,10H2,1-2H3. The summed E-state index contributed by atoms with van der Waals surface area (Å²) in [6.07, 6.45) is 0.903. The number of alkyl halides is 1. The molecule has 1 saturated carbocycles. The minimum Gasteiger partial charge on any atom is -0.483 e. The van der Waals surface area contributed by atoms with Crippen molar-refractivity contribution in [1.82, 2.24) is 5.16 Å². The van der Waals surface area contributed by atoms with Gasteiger partial charge in [-0.25, -0.2) is 0 Å². The maximum atomic E-state index is 13.6. The van der Waals surface area contributed by atoms with Crippen LogP contribution in [0.4, 0.5) is 5.82 Å². The molecule has 3 heterocycles. The first kappa shape index (κ1) is 18.4. The largest absolute Gasteiger partial charge is 0.483 e. The van der Waals surface area contributed by atoms with Crippen LogP contribution in [0, 0.1) is 18.8 Å². The molecule has 150 valence electrons. The Kier molecular flexibility index (Phi) is 4.28. The third-order valence-electron chi connectivity index (χ3n) is 6.19. The first-order valence-corrected chi connectivity index (χ1v) is 10.3. The van der Waals surface area contributed by atoms with E-state index < -0.39 is 6.04 Å². The summed E-state index contributed by atoms with van der Waals surface area (Å²) in [6, 6.07) is 10.6. The Morgan fingerprint density at radius 1 is 1.17 bits per heavy atom. The number of ether oxygens (including phenoxy) is 1. The molecule has 1 aliphatic carbocycles. The molecule has 0 saturated heterocycles. The summed E-state index contributed by atoms with van der Waals surface area (Å²) in [5.41, 5.74) is 1.23. The van der Waals surface area contributed by atoms with Gasteiger partial charge in [0.25, 0.3) is 5.91 Å². The molecule has 0 N–H and O–H groups in total. The summed E-state index contributed by atoms with van der Waals surface area (Å²) in [7, 11) is 0. The normalized spacial score (nSPS) is 31.6. The maximum absolute atomic E-state index is 13.6. The number of carbonyl (C=O) groups is 2. The molecule has 5 atom stereocenters. The number of halogens is 1. The van der Waals surface area contributed by atoms with Gasteiger partial charge in [0.2, 0.25) is 0 Å². The molecule has 1 aromatic heterocycles. The highest BCUT2D eigenvalue weighted by molar-refractivity contribution is 6.21. The van der Waals surface area contributed by atoms with Gasteiger partial charge in [0.1, 0.15) is 11.9 Å². The van der Waals surface area contributed by atoms with Gasteiger partial charge in [-0.3, -0.25) is 14.5 Å². The van der Waals surface area contributed by atoms with Gasteiger partial charge in [-0.05, 0) is 31.2 Å². The molecule has 29 heavy (non-hydrogen) atoms. The van der Waals surface area contributed by atoms with Crippen LogP contribution >= 0.6 is 11.6 Å². The molecule has 3 aliphatic rings. The number of nitrogens with zero attached hydrogens (tertiary/aromatic N) is 2. The summed E-state index contributed by atoms with van der Waals surface area (Å²) in [5.74, 6) is 0.608. The predicted octanol–water partition coefficient (Wildman–Crippen LogP) is 3.95. The number of hydrogen-bond acceptors (Lipinski definition) is 5. The second-order valence-corrected chi connectivity index (χ2v) is 8.68. The van der Waals surface area contributed by atoms with Crippen LogP contribution in [0.15, 0.2) is 52.3 Å². The lowest BCUT2D eigenvalue weighted by molar-refractivity contribution is -0.132. The van der Waals surface area contributed by atoms with Gasteiger partial charge in [-0.1, -0.05) is 42.4 Å². The van der Waals surface area contributed by atoms with E-state index in [4.69, 9.17) is 20.9 Å². The molecule has 0 radical (unpaired) electrons. The quantitative estimate of drug-likeness (QED) is 0.698. The van der Waals surface area contributed by atoms with E-state index in [2.05, 4.69) is 12.1 Å². The van der Waals surface area contributed by atoms with Crippen LogP contribution < -0.4 is 4.90 Å². The number of aryl methyl sites for hydroxylation is 1. The highest BCUT2D eigenvalue weighted by atomic mass is 35.5. The Hall–Kier alpha value is -2.60. The van der Waals surface area contributed by atoms with E-state index in [1.165, 1.54) is 4.90 Å². The van der Waals surface area contributed by atoms with Crippen molar-refractivity contribution in [1.29, 1.82) is 0 Å². The van der Waals surface area contributed by atoms with Gasteiger partial charge < -0.3 is 9.26 Å². The van der Waals surface area contributed by atoms with Crippen LogP contribution in [0.25, 0.3) is 0 Å². The SMILES string of the molecule is Cc1cc(N2C(=O)C3=C(C(=O)C4CC(Cl)C(C)CC4O3)C2c2ccccc2)no1. The molecule has 7 heteroatoms. The summed E-state index contributed by atoms with van der Waals surface area (Å²) < 4.78 is 11.4. The zero-order valence-corrected chi connectivity index (χ0v) is 16.9. The Bertz CT molecular complexity index is 1010. The Balaban J connectivity index is 1.63. The van der Waals surface area contributed by atoms with Gasteiger partial charge >= 0.3 is 0 Å². The number of Topliss-reactive ketones (excluding diaryl/α,β-unsaturated/α-hetero) is 1. The lowest BCUT2D eigenvalue weighted by atomic mass is 9.74. The smallest absolute Gasteiger partial charge is 0.295 e. The second kappa shape index (κ2) is 6.73. The van der Waals surface area contributed by atoms with Gasteiger partial charge in [0, 0.05) is 11.4 Å². The van der Waals surface area contributed by atoms with E-state index >= 15 is 0 Å². The fourth-order valence-corrected chi connectivity index (χ4v) is 4.97. The molecule has 2 aromatic rings. The molecular formula is C22H21ClN2O4. The molecule has 0 spiro atoms. The molecule has 5 rings (SSSR count). The second-order valence-electron chi connectivity index (χ2n) is 8.12. The van der Waals surface area contributed by atoms with Crippen molar-refractivity contribution in [3.05, 3.63) is 59.1 Å². The highest BCUT2D eigenvalue weighted by Gasteiger charge is 2.54. The average Bonchev–Trinajstić information content (AvgIpc) is 3.26. The average molecular weight is 413 g/mol. The number of aromatic nitrogens is 1. The Morgan fingerprint density at radius 3 is 2.62 bits per heavy atom. The van der Waals surface area contributed by atoms with Crippen LogP contribution in [0.3, 0.4) is 0 Å². The minimum atomic E-state index is -0.593. The van der Waals surface area contributed by atoms with Crippen molar-refractivity contribution >= 4 is 29.1 Å². The molecule has 1 aromatic carbocycles. The minimum absolute atomic E-state index is 0.0429. The van der Waals surface area contributed by atoms with E-state index in [9.17, 15) is 9.59 Å². The van der Waals surface area contributed by atoms with E-state index in [-0.39, 0.29) is 40.8 Å². The molecule has 6 nitrogen and oxygen atoms in total. The van der Waals surface area contributed by atoms with Gasteiger partial charge in [0.05, 0.1) is 17.5 Å². The summed E-state index contributed by atoms with van der Waals surface area (Å²) in [6.45, 7) is 3.82. The molecule has 5 unspecified atom stereocenters. The number of fused-ring (bicyclic) bond motifs is 1. The third-order valence-corrected chi connectivity index (χ3v) is 6.80. The molecular weight excluding hydrogens is 392 g/mol. The van der Waals surface area contributed by atoms with Crippen LogP contribution in [0.2, 0.25) is 0 Å². The van der Waals surface area contributed by atoms with Crippen molar-refractivity contribution in [2.45, 2.75) is 44.2 Å². The fourth-order valence-electron chi connectivity index (χ4n) is 4.67. The lowest BCUT2D eigenvalue weighted by Crippen LogP contribution is -2.44. The predicted molar refractivity (Wildman–Crippen MR) is 106 cm³/mol. The fraction of sp³-hybridized carbons (Fsp3) is 0.409. The first-order chi connectivity index (χ1) is 14.0. The van der Waals surface area contributed by atoms with E-state index in [0.717, 1.165) is 5.56 Å². The van der Waals surface area contributed by atoms with Crippen molar-refractivity contribution in [3.8, 4) is 0 Å². The third kappa shape index (κ3) is 2.81. The Morgan fingerprint density at radius 2 is 1.93 bits per heavy atom. The zero-order valence-electron chi connectivity index (χ0n) is 16.2. The molecule has 2 aliphatic heterocycles. The van der Waals surface area contributed by atoms with Crippen LogP contribution in [0.5, 0.6) is 0 Å². The Labute approximate surface area is 173 Å². The maximum Gasteiger partial charge on any atom is 0.295 e. The monoisotopic (exact) mass is 412 g/mol. The van der Waals surface area contributed by atoms with Gasteiger partial charge in [0.15, 0.2) is 17.4 Å². The summed E-state index contributed by atoms with van der Waals surface area (Å²) in [4.78, 5) is 28.5. The van der Waals surface area contributed by atoms with E-state index in [1.807, 2.05) is 30.3 Å². The molecule has 1 amide bonds. The van der Waals surface area contributed by atoms with Gasteiger partial charge in [-0.2, -0.15) is 0 Å². The molecule has 1 fully saturated rings. The van der Waals surface area contributed by atoms with Gasteiger partial charge in [-0.15, -0.1) is 11.6 Å². The first-order valence-electron chi connectivity index (χ1n) is 9.86. The van der Waals surface area contributed by atoms with Crippen LogP contribution in [-0.4, -0.2) is 28.3 Å². The number of carbonyl (C=O) groups excluding carboxylic acids is 2. The number of rotatable bonds is 2. The highest BCUT2D eigenvalue weighted by Crippen LogP contribution is 2.49. The number of ketones is 1. The van der Waals surface area contributed by atoms with Crippen molar-refractivity contribution in [2.24, 2.45) is 11.8 Å². The summed E-state index contributed by atoms with van der Waals surface area (Å²) >= 11 is 6.48. The van der Waals surface area contributed by atoms with E-state index in [1.54, 1.807) is 13.0 Å². The number of benzene rings is 1. The summed E-state index contributed by atoms with van der Waals surface area (Å²) in [5, 5.41) is 3.96. The zero-order chi connectivity index (χ0) is 20.3.